The highest BCUT2D eigenvalue weighted by Gasteiger charge is 2.36. The Labute approximate surface area is 258 Å². The summed E-state index contributed by atoms with van der Waals surface area (Å²) >= 11 is 0. The number of hydrogen-bond donors (Lipinski definition) is 3. The number of nitrogens with one attached hydrogen (secondary N) is 2. The standard InChI is InChI=1S/C36H39N3O5/c1-6-20-39(34(42)30(22-25-12-8-7-9-13-25)38-35(43)44-36(3,4)5)32(28-17-19-31(40)24(2)21-28)33(41)37-29-18-16-26-14-10-11-15-27(26)23-29/h6-19,21,23,30,32,40H,1,20,22H2,2-5H3,(H,37,41)(H,38,43). The molecule has 8 nitrogen and oxygen atoms in total. The highest BCUT2D eigenvalue weighted by atomic mass is 16.6. The van der Waals surface area contributed by atoms with Crippen molar-refractivity contribution < 1.29 is 24.2 Å². The van der Waals surface area contributed by atoms with Crippen LogP contribution in [0.15, 0.2) is 104 Å². The lowest BCUT2D eigenvalue weighted by Gasteiger charge is -2.34. The van der Waals surface area contributed by atoms with Crippen LogP contribution in [0.25, 0.3) is 10.8 Å². The van der Waals surface area contributed by atoms with Crippen molar-refractivity contribution in [2.24, 2.45) is 0 Å². The van der Waals surface area contributed by atoms with E-state index in [1.807, 2.05) is 66.7 Å². The van der Waals surface area contributed by atoms with Crippen molar-refractivity contribution in [2.45, 2.75) is 51.8 Å². The van der Waals surface area contributed by atoms with Gasteiger partial charge >= 0.3 is 6.09 Å². The molecule has 3 N–H and O–H groups in total. The smallest absolute Gasteiger partial charge is 0.408 e. The van der Waals surface area contributed by atoms with E-state index in [4.69, 9.17) is 4.74 Å². The van der Waals surface area contributed by atoms with Gasteiger partial charge in [-0.1, -0.05) is 72.8 Å². The van der Waals surface area contributed by atoms with Crippen LogP contribution >= 0.6 is 0 Å². The normalized spacial score (nSPS) is 12.5. The average molecular weight is 594 g/mol. The number of alkyl carbamates (subject to hydrolysis) is 1. The third-order valence-electron chi connectivity index (χ3n) is 6.99. The van der Waals surface area contributed by atoms with Gasteiger partial charge in [0.1, 0.15) is 23.4 Å². The third kappa shape index (κ3) is 8.25. The van der Waals surface area contributed by atoms with E-state index >= 15 is 0 Å². The molecule has 0 aromatic heterocycles. The molecule has 44 heavy (non-hydrogen) atoms. The van der Waals surface area contributed by atoms with E-state index in [2.05, 4.69) is 17.2 Å². The van der Waals surface area contributed by atoms with Crippen molar-refractivity contribution in [1.82, 2.24) is 10.2 Å². The molecule has 4 aromatic rings. The number of aromatic hydroxyl groups is 1. The molecule has 0 fully saturated rings. The zero-order valence-corrected chi connectivity index (χ0v) is 25.5. The quantitative estimate of drug-likeness (QED) is 0.178. The molecule has 0 saturated carbocycles. The fourth-order valence-corrected chi connectivity index (χ4v) is 4.96. The van der Waals surface area contributed by atoms with Gasteiger partial charge in [-0.05, 0) is 79.4 Å². The molecule has 0 aliphatic carbocycles. The molecule has 0 bridgehead atoms. The number of phenolic OH excluding ortho intramolecular Hbond substituents is 1. The molecule has 0 spiro atoms. The summed E-state index contributed by atoms with van der Waals surface area (Å²) in [6.45, 7) is 10.8. The molecule has 2 atom stereocenters. The molecule has 0 aliphatic rings. The van der Waals surface area contributed by atoms with Crippen LogP contribution < -0.4 is 10.6 Å². The Bertz CT molecular complexity index is 1640. The summed E-state index contributed by atoms with van der Waals surface area (Å²) in [5.41, 5.74) is 1.64. The molecule has 0 heterocycles. The Morgan fingerprint density at radius 1 is 0.932 bits per heavy atom. The first kappa shape index (κ1) is 31.8. The third-order valence-corrected chi connectivity index (χ3v) is 6.99. The summed E-state index contributed by atoms with van der Waals surface area (Å²) in [6, 6.07) is 25.3. The second-order valence-corrected chi connectivity index (χ2v) is 11.7. The van der Waals surface area contributed by atoms with Crippen LogP contribution in [-0.4, -0.2) is 46.1 Å². The van der Waals surface area contributed by atoms with Gasteiger partial charge in [0.05, 0.1) is 0 Å². The fraction of sp³-hybridized carbons (Fsp3) is 0.250. The molecule has 0 saturated heterocycles. The summed E-state index contributed by atoms with van der Waals surface area (Å²) in [5, 5.41) is 17.9. The maximum atomic E-state index is 14.4. The van der Waals surface area contributed by atoms with E-state index in [1.165, 1.54) is 17.0 Å². The molecule has 4 aromatic carbocycles. The summed E-state index contributed by atoms with van der Waals surface area (Å²) in [7, 11) is 0. The Morgan fingerprint density at radius 2 is 1.61 bits per heavy atom. The minimum absolute atomic E-state index is 0.00977. The van der Waals surface area contributed by atoms with Crippen molar-refractivity contribution >= 4 is 34.4 Å². The van der Waals surface area contributed by atoms with Gasteiger partial charge in [0.2, 0.25) is 5.91 Å². The number of carbonyl (C=O) groups excluding carboxylic acids is 3. The van der Waals surface area contributed by atoms with E-state index in [0.29, 0.717) is 16.8 Å². The number of amides is 3. The first-order valence-corrected chi connectivity index (χ1v) is 14.5. The molecule has 0 radical (unpaired) electrons. The van der Waals surface area contributed by atoms with Gasteiger partial charge in [-0.3, -0.25) is 9.59 Å². The average Bonchev–Trinajstić information content (AvgIpc) is 2.97. The van der Waals surface area contributed by atoms with E-state index in [9.17, 15) is 19.5 Å². The van der Waals surface area contributed by atoms with Crippen LogP contribution in [0.5, 0.6) is 5.75 Å². The minimum Gasteiger partial charge on any atom is -0.508 e. The van der Waals surface area contributed by atoms with Crippen LogP contribution in [0, 0.1) is 6.92 Å². The number of aryl methyl sites for hydroxylation is 1. The summed E-state index contributed by atoms with van der Waals surface area (Å²) < 4.78 is 5.48. The van der Waals surface area contributed by atoms with Crippen LogP contribution in [0.1, 0.15) is 43.5 Å². The van der Waals surface area contributed by atoms with E-state index in [0.717, 1.165) is 16.3 Å². The topological polar surface area (TPSA) is 108 Å². The fourth-order valence-electron chi connectivity index (χ4n) is 4.96. The lowest BCUT2D eigenvalue weighted by atomic mass is 9.98. The van der Waals surface area contributed by atoms with E-state index in [-0.39, 0.29) is 18.7 Å². The van der Waals surface area contributed by atoms with Gasteiger partial charge < -0.3 is 25.4 Å². The van der Waals surface area contributed by atoms with Crippen LogP contribution in [0.2, 0.25) is 0 Å². The van der Waals surface area contributed by atoms with Gasteiger partial charge in [0, 0.05) is 18.7 Å². The SMILES string of the molecule is C=CCN(C(=O)C(Cc1ccccc1)NC(=O)OC(C)(C)C)C(C(=O)Nc1ccc2ccccc2c1)c1ccc(O)c(C)c1. The highest BCUT2D eigenvalue weighted by Crippen LogP contribution is 2.29. The zero-order chi connectivity index (χ0) is 31.9. The number of rotatable bonds is 10. The molecule has 0 aliphatic heterocycles. The van der Waals surface area contributed by atoms with Gasteiger partial charge in [0.25, 0.3) is 5.91 Å². The number of nitrogens with zero attached hydrogens (tertiary/aromatic N) is 1. The molecular weight excluding hydrogens is 554 g/mol. The van der Waals surface area contributed by atoms with Gasteiger partial charge in [-0.15, -0.1) is 6.58 Å². The van der Waals surface area contributed by atoms with Crippen molar-refractivity contribution in [3.63, 3.8) is 0 Å². The zero-order valence-electron chi connectivity index (χ0n) is 25.5. The Morgan fingerprint density at radius 3 is 2.27 bits per heavy atom. The predicted molar refractivity (Wildman–Crippen MR) is 173 cm³/mol. The van der Waals surface area contributed by atoms with Crippen LogP contribution in [0.3, 0.4) is 0 Å². The first-order chi connectivity index (χ1) is 20.9. The highest BCUT2D eigenvalue weighted by molar-refractivity contribution is 6.00. The number of anilines is 1. The number of carbonyl (C=O) groups is 3. The van der Waals surface area contributed by atoms with Gasteiger partial charge in [0.15, 0.2) is 0 Å². The predicted octanol–water partition coefficient (Wildman–Crippen LogP) is 6.68. The minimum atomic E-state index is -1.12. The summed E-state index contributed by atoms with van der Waals surface area (Å²) in [5.74, 6) is -0.891. The Balaban J connectivity index is 1.74. The first-order valence-electron chi connectivity index (χ1n) is 14.5. The summed E-state index contributed by atoms with van der Waals surface area (Å²) in [4.78, 5) is 42.9. The van der Waals surface area contributed by atoms with E-state index < -0.39 is 35.6 Å². The second-order valence-electron chi connectivity index (χ2n) is 11.7. The molecule has 8 heteroatoms. The number of fused-ring (bicyclic) bond motifs is 1. The number of ether oxygens (including phenoxy) is 1. The molecule has 4 rings (SSSR count). The number of hydrogen-bond acceptors (Lipinski definition) is 5. The van der Waals surface area contributed by atoms with Crippen molar-refractivity contribution in [1.29, 1.82) is 0 Å². The second kappa shape index (κ2) is 13.9. The van der Waals surface area contributed by atoms with Crippen LogP contribution in [-0.2, 0) is 20.7 Å². The lowest BCUT2D eigenvalue weighted by molar-refractivity contribution is -0.140. The Hall–Kier alpha value is -5.11. The van der Waals surface area contributed by atoms with Gasteiger partial charge in [-0.2, -0.15) is 0 Å². The Kier molecular flexibility index (Phi) is 10.1. The summed E-state index contributed by atoms with van der Waals surface area (Å²) in [6.07, 6.45) is 0.956. The molecule has 3 amide bonds. The molecule has 2 unspecified atom stereocenters. The maximum absolute atomic E-state index is 14.4. The lowest BCUT2D eigenvalue weighted by Crippen LogP contribution is -2.53. The van der Waals surface area contributed by atoms with Gasteiger partial charge in [-0.25, -0.2) is 4.79 Å². The monoisotopic (exact) mass is 593 g/mol. The van der Waals surface area contributed by atoms with Crippen molar-refractivity contribution in [2.75, 3.05) is 11.9 Å². The van der Waals surface area contributed by atoms with Crippen LogP contribution in [0.4, 0.5) is 10.5 Å². The molecular formula is C36H39N3O5. The van der Waals surface area contributed by atoms with E-state index in [1.54, 1.807) is 45.9 Å². The molecule has 228 valence electrons. The number of benzene rings is 4. The van der Waals surface area contributed by atoms with Crippen molar-refractivity contribution in [3.8, 4) is 5.75 Å². The maximum Gasteiger partial charge on any atom is 0.408 e. The largest absolute Gasteiger partial charge is 0.508 e. The number of phenols is 1. The van der Waals surface area contributed by atoms with Crippen molar-refractivity contribution in [3.05, 3.63) is 120 Å².